The van der Waals surface area contributed by atoms with E-state index >= 15 is 0 Å². The van der Waals surface area contributed by atoms with E-state index < -0.39 is 17.6 Å². The molecule has 1 amide bonds. The first-order valence-corrected chi connectivity index (χ1v) is 6.64. The summed E-state index contributed by atoms with van der Waals surface area (Å²) in [5.74, 6) is -1.36. The van der Waals surface area contributed by atoms with E-state index in [-0.39, 0.29) is 5.91 Å². The highest BCUT2D eigenvalue weighted by Crippen LogP contribution is 2.34. The average molecular weight is 309 g/mol. The van der Waals surface area contributed by atoms with Crippen LogP contribution >= 0.6 is 0 Å². The topological polar surface area (TPSA) is 29.1 Å². The third kappa shape index (κ3) is 2.68. The first kappa shape index (κ1) is 14.6. The van der Waals surface area contributed by atoms with Crippen molar-refractivity contribution in [2.24, 2.45) is 0 Å². The zero-order valence-electron chi connectivity index (χ0n) is 11.3. The Kier molecular flexibility index (Phi) is 3.39. The highest BCUT2D eigenvalue weighted by Gasteiger charge is 2.33. The minimum absolute atomic E-state index is 0.0687. The fraction of sp³-hybridized carbons (Fsp3) is 0.188. The second-order valence-corrected chi connectivity index (χ2v) is 5.11. The number of halogens is 4. The van der Waals surface area contributed by atoms with Crippen LogP contribution in [0.15, 0.2) is 36.4 Å². The summed E-state index contributed by atoms with van der Waals surface area (Å²) in [7, 11) is 0. The minimum atomic E-state index is -4.71. The van der Waals surface area contributed by atoms with Crippen LogP contribution in [0.25, 0.3) is 11.1 Å². The van der Waals surface area contributed by atoms with Gasteiger partial charge in [0.1, 0.15) is 5.82 Å². The zero-order chi connectivity index (χ0) is 15.9. The largest absolute Gasteiger partial charge is 0.419 e. The Morgan fingerprint density at radius 3 is 2.32 bits per heavy atom. The van der Waals surface area contributed by atoms with Crippen molar-refractivity contribution in [1.82, 2.24) is 0 Å². The number of fused-ring (bicyclic) bond motifs is 1. The monoisotopic (exact) mass is 309 g/mol. The summed E-state index contributed by atoms with van der Waals surface area (Å²) in [5, 5.41) is 2.72. The van der Waals surface area contributed by atoms with Gasteiger partial charge in [-0.15, -0.1) is 0 Å². The van der Waals surface area contributed by atoms with Gasteiger partial charge >= 0.3 is 6.18 Å². The summed E-state index contributed by atoms with van der Waals surface area (Å²) in [6.07, 6.45) is -3.79. The summed E-state index contributed by atoms with van der Waals surface area (Å²) < 4.78 is 51.3. The molecule has 22 heavy (non-hydrogen) atoms. The highest BCUT2D eigenvalue weighted by atomic mass is 19.4. The molecule has 0 saturated carbocycles. The number of hydrogen-bond donors (Lipinski definition) is 1. The lowest BCUT2D eigenvalue weighted by Gasteiger charge is -2.18. The van der Waals surface area contributed by atoms with Crippen molar-refractivity contribution in [2.75, 3.05) is 5.32 Å². The molecule has 0 spiro atoms. The molecule has 2 aromatic carbocycles. The van der Waals surface area contributed by atoms with Crippen molar-refractivity contribution in [2.45, 2.75) is 19.0 Å². The third-order valence-electron chi connectivity index (χ3n) is 3.61. The van der Waals surface area contributed by atoms with E-state index in [4.69, 9.17) is 0 Å². The Labute approximate surface area is 123 Å². The molecule has 3 rings (SSSR count). The Bertz CT molecular complexity index is 752. The second-order valence-electron chi connectivity index (χ2n) is 5.11. The van der Waals surface area contributed by atoms with Crippen LogP contribution in [-0.4, -0.2) is 5.91 Å². The molecule has 0 unspecified atom stereocenters. The lowest BCUT2D eigenvalue weighted by molar-refractivity contribution is -0.140. The molecule has 0 saturated heterocycles. The number of amides is 1. The van der Waals surface area contributed by atoms with Crippen molar-refractivity contribution in [3.63, 3.8) is 0 Å². The minimum Gasteiger partial charge on any atom is -0.326 e. The van der Waals surface area contributed by atoms with E-state index in [9.17, 15) is 22.4 Å². The van der Waals surface area contributed by atoms with Gasteiger partial charge in [0.25, 0.3) is 0 Å². The van der Waals surface area contributed by atoms with Crippen LogP contribution < -0.4 is 5.32 Å². The molecule has 2 nitrogen and oxygen atoms in total. The molecule has 1 aliphatic heterocycles. The summed E-state index contributed by atoms with van der Waals surface area (Å²) >= 11 is 0. The first-order valence-electron chi connectivity index (χ1n) is 6.64. The van der Waals surface area contributed by atoms with Gasteiger partial charge in [0.2, 0.25) is 5.91 Å². The lowest BCUT2D eigenvalue weighted by Crippen LogP contribution is -2.18. The van der Waals surface area contributed by atoms with Crippen molar-refractivity contribution in [1.29, 1.82) is 0 Å². The maximum Gasteiger partial charge on any atom is 0.419 e. The normalized spacial score (nSPS) is 14.5. The SMILES string of the molecule is O=C1CCc2cc(-c3ccc(C(F)(F)F)c(F)c3)ccc2N1. The first-order chi connectivity index (χ1) is 10.3. The van der Waals surface area contributed by atoms with E-state index in [2.05, 4.69) is 5.32 Å². The number of nitrogens with one attached hydrogen (secondary N) is 1. The Morgan fingerprint density at radius 2 is 1.64 bits per heavy atom. The maximum absolute atomic E-state index is 13.6. The molecule has 0 fully saturated rings. The highest BCUT2D eigenvalue weighted by molar-refractivity contribution is 5.94. The summed E-state index contributed by atoms with van der Waals surface area (Å²) in [6, 6.07) is 7.95. The smallest absolute Gasteiger partial charge is 0.326 e. The number of carbonyl (C=O) groups is 1. The molecule has 1 aliphatic rings. The van der Waals surface area contributed by atoms with Gasteiger partial charge in [-0.2, -0.15) is 13.2 Å². The van der Waals surface area contributed by atoms with Crippen molar-refractivity contribution >= 4 is 11.6 Å². The molecule has 0 radical (unpaired) electrons. The van der Waals surface area contributed by atoms with Crippen LogP contribution in [0.2, 0.25) is 0 Å². The van der Waals surface area contributed by atoms with Crippen LogP contribution in [-0.2, 0) is 17.4 Å². The molecule has 0 bridgehead atoms. The molecule has 114 valence electrons. The molecule has 1 heterocycles. The van der Waals surface area contributed by atoms with Gasteiger partial charge < -0.3 is 5.32 Å². The Hall–Kier alpha value is -2.37. The fourth-order valence-electron chi connectivity index (χ4n) is 2.49. The summed E-state index contributed by atoms with van der Waals surface area (Å²) in [4.78, 5) is 11.3. The fourth-order valence-corrected chi connectivity index (χ4v) is 2.49. The van der Waals surface area contributed by atoms with E-state index in [0.717, 1.165) is 17.7 Å². The standard InChI is InChI=1S/C16H11F4NO/c17-13-8-10(1-4-12(13)16(18,19)20)9-2-5-14-11(7-9)3-6-15(22)21-14/h1-2,4-5,7-8H,3,6H2,(H,21,22). The predicted molar refractivity (Wildman–Crippen MR) is 73.8 cm³/mol. The number of carbonyl (C=O) groups excluding carboxylic acids is 1. The average Bonchev–Trinajstić information content (AvgIpc) is 2.45. The lowest BCUT2D eigenvalue weighted by atomic mass is 9.96. The molecule has 0 aliphatic carbocycles. The predicted octanol–water partition coefficient (Wildman–Crippen LogP) is 4.40. The van der Waals surface area contributed by atoms with Crippen molar-refractivity contribution < 1.29 is 22.4 Å². The van der Waals surface area contributed by atoms with Crippen LogP contribution in [0, 0.1) is 5.82 Å². The van der Waals surface area contributed by atoms with Crippen LogP contribution in [0.1, 0.15) is 17.5 Å². The van der Waals surface area contributed by atoms with Gasteiger partial charge in [0.05, 0.1) is 5.56 Å². The quantitative estimate of drug-likeness (QED) is 0.777. The van der Waals surface area contributed by atoms with Gasteiger partial charge in [-0.1, -0.05) is 12.1 Å². The number of anilines is 1. The number of hydrogen-bond acceptors (Lipinski definition) is 1. The Balaban J connectivity index is 1.98. The molecule has 2 aromatic rings. The summed E-state index contributed by atoms with van der Waals surface area (Å²) in [5.41, 5.74) is 1.28. The number of rotatable bonds is 1. The van der Waals surface area contributed by atoms with Crippen LogP contribution in [0.4, 0.5) is 23.2 Å². The van der Waals surface area contributed by atoms with E-state index in [1.807, 2.05) is 0 Å². The zero-order valence-corrected chi connectivity index (χ0v) is 11.3. The Morgan fingerprint density at radius 1 is 0.955 bits per heavy atom. The number of aryl methyl sites for hydroxylation is 1. The van der Waals surface area contributed by atoms with E-state index in [1.165, 1.54) is 6.07 Å². The number of benzene rings is 2. The van der Waals surface area contributed by atoms with Gasteiger partial charge in [0.15, 0.2) is 0 Å². The molecule has 0 atom stereocenters. The molecule has 0 aromatic heterocycles. The van der Waals surface area contributed by atoms with E-state index in [0.29, 0.717) is 29.7 Å². The van der Waals surface area contributed by atoms with Gasteiger partial charge in [-0.3, -0.25) is 4.79 Å². The van der Waals surface area contributed by atoms with Crippen molar-refractivity contribution in [3.05, 3.63) is 53.3 Å². The summed E-state index contributed by atoms with van der Waals surface area (Å²) in [6.45, 7) is 0. The van der Waals surface area contributed by atoms with Crippen LogP contribution in [0.3, 0.4) is 0 Å². The van der Waals surface area contributed by atoms with Crippen LogP contribution in [0.5, 0.6) is 0 Å². The number of alkyl halides is 3. The van der Waals surface area contributed by atoms with Gasteiger partial charge in [-0.05, 0) is 47.4 Å². The van der Waals surface area contributed by atoms with Crippen molar-refractivity contribution in [3.8, 4) is 11.1 Å². The molecular formula is C16H11F4NO. The molecule has 6 heteroatoms. The maximum atomic E-state index is 13.6. The van der Waals surface area contributed by atoms with Gasteiger partial charge in [-0.25, -0.2) is 4.39 Å². The second kappa shape index (κ2) is 5.12. The van der Waals surface area contributed by atoms with Gasteiger partial charge in [0, 0.05) is 12.1 Å². The third-order valence-corrected chi connectivity index (χ3v) is 3.61. The molecular weight excluding hydrogens is 298 g/mol. The van der Waals surface area contributed by atoms with E-state index in [1.54, 1.807) is 18.2 Å². The molecule has 1 N–H and O–H groups in total.